The first kappa shape index (κ1) is 13.2. The van der Waals surface area contributed by atoms with E-state index in [1.165, 1.54) is 6.42 Å². The molecule has 4 heteroatoms. The maximum absolute atomic E-state index is 6.20. The Labute approximate surface area is 113 Å². The highest BCUT2D eigenvalue weighted by Gasteiger charge is 2.22. The van der Waals surface area contributed by atoms with Gasteiger partial charge in [0.15, 0.2) is 0 Å². The molecule has 1 aromatic rings. The van der Waals surface area contributed by atoms with Crippen LogP contribution >= 0.6 is 23.2 Å². The van der Waals surface area contributed by atoms with Crippen molar-refractivity contribution in [3.05, 3.63) is 33.8 Å². The van der Waals surface area contributed by atoms with Crippen molar-refractivity contribution < 1.29 is 0 Å². The zero-order valence-electron chi connectivity index (χ0n) is 10.0. The summed E-state index contributed by atoms with van der Waals surface area (Å²) in [6.45, 7) is 4.29. The van der Waals surface area contributed by atoms with Gasteiger partial charge in [-0.3, -0.25) is 4.90 Å². The molecule has 2 rings (SSSR count). The molecule has 1 unspecified atom stereocenters. The van der Waals surface area contributed by atoms with Crippen LogP contribution in [-0.2, 0) is 6.54 Å². The van der Waals surface area contributed by atoms with Gasteiger partial charge in [0.1, 0.15) is 0 Å². The quantitative estimate of drug-likeness (QED) is 0.907. The van der Waals surface area contributed by atoms with Crippen molar-refractivity contribution in [2.75, 3.05) is 26.7 Å². The molecular formula is C13H18Cl2N2. The fourth-order valence-corrected chi connectivity index (χ4v) is 2.80. The Kier molecular flexibility index (Phi) is 4.69. The Hall–Kier alpha value is -0.280. The van der Waals surface area contributed by atoms with Gasteiger partial charge < -0.3 is 5.32 Å². The van der Waals surface area contributed by atoms with Crippen molar-refractivity contribution in [3.8, 4) is 0 Å². The molecule has 1 saturated heterocycles. The van der Waals surface area contributed by atoms with Gasteiger partial charge >= 0.3 is 0 Å². The molecule has 0 amide bonds. The maximum atomic E-state index is 6.20. The minimum Gasteiger partial charge on any atom is -0.319 e. The smallest absolute Gasteiger partial charge is 0.0637 e. The van der Waals surface area contributed by atoms with Crippen LogP contribution in [-0.4, -0.2) is 31.6 Å². The Morgan fingerprint density at radius 2 is 2.24 bits per heavy atom. The van der Waals surface area contributed by atoms with Crippen LogP contribution in [0.15, 0.2) is 18.2 Å². The number of nitrogens with zero attached hydrogens (tertiary/aromatic N) is 1. The van der Waals surface area contributed by atoms with E-state index in [1.54, 1.807) is 0 Å². The van der Waals surface area contributed by atoms with Crippen LogP contribution in [0.3, 0.4) is 0 Å². The molecule has 1 aliphatic heterocycles. The fourth-order valence-electron chi connectivity index (χ4n) is 2.42. The molecule has 0 saturated carbocycles. The number of nitrogens with one attached hydrogen (secondary N) is 1. The van der Waals surface area contributed by atoms with Gasteiger partial charge in [0, 0.05) is 13.1 Å². The Morgan fingerprint density at radius 1 is 1.41 bits per heavy atom. The van der Waals surface area contributed by atoms with E-state index in [0.717, 1.165) is 37.7 Å². The first-order valence-corrected chi connectivity index (χ1v) is 6.76. The number of hydrogen-bond donors (Lipinski definition) is 1. The summed E-state index contributed by atoms with van der Waals surface area (Å²) < 4.78 is 0. The highest BCUT2D eigenvalue weighted by molar-refractivity contribution is 6.42. The van der Waals surface area contributed by atoms with Crippen LogP contribution in [0.4, 0.5) is 0 Å². The summed E-state index contributed by atoms with van der Waals surface area (Å²) in [7, 11) is 2.01. The first-order chi connectivity index (χ1) is 8.20. The second-order valence-corrected chi connectivity index (χ2v) is 5.45. The highest BCUT2D eigenvalue weighted by Crippen LogP contribution is 2.28. The molecule has 0 aromatic heterocycles. The van der Waals surface area contributed by atoms with Gasteiger partial charge in [-0.05, 0) is 44.1 Å². The molecule has 1 atom stereocenters. The molecule has 1 aliphatic rings. The molecule has 1 N–H and O–H groups in total. The molecule has 0 aliphatic carbocycles. The van der Waals surface area contributed by atoms with Gasteiger partial charge in [-0.1, -0.05) is 35.3 Å². The van der Waals surface area contributed by atoms with E-state index in [4.69, 9.17) is 23.2 Å². The van der Waals surface area contributed by atoms with Gasteiger partial charge in [0.2, 0.25) is 0 Å². The van der Waals surface area contributed by atoms with E-state index in [0.29, 0.717) is 10.0 Å². The third-order valence-electron chi connectivity index (χ3n) is 3.29. The van der Waals surface area contributed by atoms with Gasteiger partial charge in [0.25, 0.3) is 0 Å². The van der Waals surface area contributed by atoms with E-state index >= 15 is 0 Å². The van der Waals surface area contributed by atoms with Crippen LogP contribution in [0.2, 0.25) is 10.0 Å². The van der Waals surface area contributed by atoms with Crippen molar-refractivity contribution in [3.63, 3.8) is 0 Å². The van der Waals surface area contributed by atoms with Crippen LogP contribution < -0.4 is 5.32 Å². The van der Waals surface area contributed by atoms with Crippen molar-refractivity contribution >= 4 is 23.2 Å². The number of hydrogen-bond acceptors (Lipinski definition) is 2. The molecular weight excluding hydrogens is 255 g/mol. The van der Waals surface area contributed by atoms with Gasteiger partial charge in [-0.15, -0.1) is 0 Å². The summed E-state index contributed by atoms with van der Waals surface area (Å²) in [5.41, 5.74) is 1.13. The highest BCUT2D eigenvalue weighted by atomic mass is 35.5. The summed E-state index contributed by atoms with van der Waals surface area (Å²) in [5, 5.41) is 4.59. The SMILES string of the molecule is CNCC1CCN(Cc2cccc(Cl)c2Cl)C1. The van der Waals surface area contributed by atoms with Crippen molar-refractivity contribution in [1.82, 2.24) is 10.2 Å². The summed E-state index contributed by atoms with van der Waals surface area (Å²) >= 11 is 12.2. The lowest BCUT2D eigenvalue weighted by Gasteiger charge is -2.17. The third kappa shape index (κ3) is 3.35. The average Bonchev–Trinajstić information content (AvgIpc) is 2.73. The molecule has 2 nitrogen and oxygen atoms in total. The van der Waals surface area contributed by atoms with Crippen molar-refractivity contribution in [2.45, 2.75) is 13.0 Å². The number of rotatable bonds is 4. The molecule has 1 aromatic carbocycles. The lowest BCUT2D eigenvalue weighted by Crippen LogP contribution is -2.24. The summed E-state index contributed by atoms with van der Waals surface area (Å²) in [5.74, 6) is 0.762. The minimum atomic E-state index is 0.648. The van der Waals surface area contributed by atoms with Gasteiger partial charge in [-0.25, -0.2) is 0 Å². The van der Waals surface area contributed by atoms with Gasteiger partial charge in [-0.2, -0.15) is 0 Å². The molecule has 0 bridgehead atoms. The minimum absolute atomic E-state index is 0.648. The zero-order chi connectivity index (χ0) is 12.3. The van der Waals surface area contributed by atoms with Crippen molar-refractivity contribution in [1.29, 1.82) is 0 Å². The summed E-state index contributed by atoms with van der Waals surface area (Å²) in [4.78, 5) is 2.44. The standard InChI is InChI=1S/C13H18Cl2N2/c1-16-7-10-5-6-17(8-10)9-11-3-2-4-12(14)13(11)15/h2-4,10,16H,5-9H2,1H3. The van der Waals surface area contributed by atoms with E-state index < -0.39 is 0 Å². The molecule has 94 valence electrons. The Bertz CT molecular complexity index is 382. The predicted molar refractivity (Wildman–Crippen MR) is 73.8 cm³/mol. The number of benzene rings is 1. The molecule has 17 heavy (non-hydrogen) atoms. The largest absolute Gasteiger partial charge is 0.319 e. The number of halogens is 2. The van der Waals surface area contributed by atoms with Crippen LogP contribution in [0.5, 0.6) is 0 Å². The van der Waals surface area contributed by atoms with Crippen molar-refractivity contribution in [2.24, 2.45) is 5.92 Å². The molecule has 0 spiro atoms. The molecule has 1 fully saturated rings. The zero-order valence-corrected chi connectivity index (χ0v) is 11.6. The fraction of sp³-hybridized carbons (Fsp3) is 0.538. The van der Waals surface area contributed by atoms with E-state index in [2.05, 4.69) is 16.3 Å². The monoisotopic (exact) mass is 272 g/mol. The molecule has 1 heterocycles. The number of likely N-dealkylation sites (tertiary alicyclic amines) is 1. The molecule has 0 radical (unpaired) electrons. The van der Waals surface area contributed by atoms with E-state index in [-0.39, 0.29) is 0 Å². The first-order valence-electron chi connectivity index (χ1n) is 6.00. The lowest BCUT2D eigenvalue weighted by atomic mass is 10.1. The Morgan fingerprint density at radius 3 is 3.00 bits per heavy atom. The lowest BCUT2D eigenvalue weighted by molar-refractivity contribution is 0.315. The van der Waals surface area contributed by atoms with Crippen LogP contribution in [0.25, 0.3) is 0 Å². The predicted octanol–water partition coefficient (Wildman–Crippen LogP) is 3.03. The van der Waals surface area contributed by atoms with Crippen LogP contribution in [0.1, 0.15) is 12.0 Å². The third-order valence-corrected chi connectivity index (χ3v) is 4.15. The normalized spacial score (nSPS) is 21.0. The maximum Gasteiger partial charge on any atom is 0.0637 e. The van der Waals surface area contributed by atoms with Gasteiger partial charge in [0.05, 0.1) is 10.0 Å². The second-order valence-electron chi connectivity index (χ2n) is 4.66. The average molecular weight is 273 g/mol. The summed E-state index contributed by atoms with van der Waals surface area (Å²) in [6, 6.07) is 5.85. The van der Waals surface area contributed by atoms with E-state index in [9.17, 15) is 0 Å². The second kappa shape index (κ2) is 6.05. The summed E-state index contributed by atoms with van der Waals surface area (Å²) in [6.07, 6.45) is 1.26. The van der Waals surface area contributed by atoms with Crippen LogP contribution in [0, 0.1) is 5.92 Å². The Balaban J connectivity index is 1.96. The topological polar surface area (TPSA) is 15.3 Å². The van der Waals surface area contributed by atoms with E-state index in [1.807, 2.05) is 19.2 Å².